The largest absolute Gasteiger partial charge is 0.353 e. The predicted molar refractivity (Wildman–Crippen MR) is 99.4 cm³/mol. The Hall–Kier alpha value is -2.73. The van der Waals surface area contributed by atoms with Gasteiger partial charge >= 0.3 is 0 Å². The number of rotatable bonds is 3. The van der Waals surface area contributed by atoms with Gasteiger partial charge in [-0.1, -0.05) is 18.2 Å². The Morgan fingerprint density at radius 1 is 0.840 bits per heavy atom. The average Bonchev–Trinajstić information content (AvgIpc) is 3.09. The van der Waals surface area contributed by atoms with E-state index < -0.39 is 0 Å². The number of likely N-dealkylation sites (N-methyl/N-ethyl adjacent to an activating group) is 1. The summed E-state index contributed by atoms with van der Waals surface area (Å²) in [4.78, 5) is 4.63. The quantitative estimate of drug-likeness (QED) is 0.736. The van der Waals surface area contributed by atoms with E-state index in [0.717, 1.165) is 54.5 Å². The van der Waals surface area contributed by atoms with Crippen LogP contribution in [0, 0.1) is 0 Å². The number of aromatic nitrogens is 4. The number of nitrogens with zero attached hydrogens (tertiary/aromatic N) is 6. The fourth-order valence-electron chi connectivity index (χ4n) is 3.18. The van der Waals surface area contributed by atoms with Crippen molar-refractivity contribution in [2.75, 3.05) is 38.1 Å². The van der Waals surface area contributed by atoms with Gasteiger partial charge in [0.25, 0.3) is 0 Å². The molecular formula is C19H22N6. The molecule has 1 aliphatic heterocycles. The Morgan fingerprint density at radius 3 is 2.32 bits per heavy atom. The molecule has 2 aromatic heterocycles. The zero-order valence-corrected chi connectivity index (χ0v) is 14.6. The molecule has 1 saturated heterocycles. The second-order valence-corrected chi connectivity index (χ2v) is 6.49. The second kappa shape index (κ2) is 6.64. The van der Waals surface area contributed by atoms with E-state index in [9.17, 15) is 0 Å². The van der Waals surface area contributed by atoms with Gasteiger partial charge in [0.1, 0.15) is 0 Å². The highest BCUT2D eigenvalue weighted by molar-refractivity contribution is 5.69. The number of piperazine rings is 1. The molecule has 0 N–H and O–H groups in total. The van der Waals surface area contributed by atoms with Gasteiger partial charge in [-0.2, -0.15) is 5.10 Å². The average molecular weight is 334 g/mol. The van der Waals surface area contributed by atoms with Crippen molar-refractivity contribution in [3.05, 3.63) is 48.7 Å². The van der Waals surface area contributed by atoms with Crippen LogP contribution in [0.3, 0.4) is 0 Å². The highest BCUT2D eigenvalue weighted by Gasteiger charge is 2.15. The fourth-order valence-corrected chi connectivity index (χ4v) is 3.18. The smallest absolute Gasteiger partial charge is 0.151 e. The highest BCUT2D eigenvalue weighted by Crippen LogP contribution is 2.25. The van der Waals surface area contributed by atoms with E-state index in [4.69, 9.17) is 0 Å². The van der Waals surface area contributed by atoms with E-state index in [0.29, 0.717) is 0 Å². The molecule has 0 unspecified atom stereocenters. The minimum absolute atomic E-state index is 0.891. The van der Waals surface area contributed by atoms with Crippen molar-refractivity contribution in [1.29, 1.82) is 0 Å². The van der Waals surface area contributed by atoms with Gasteiger partial charge in [-0.15, -0.1) is 10.2 Å². The second-order valence-electron chi connectivity index (χ2n) is 6.49. The SMILES string of the molecule is CN1CCN(c2ccc(-c3cccc(-c4ccnn4C)c3)nn2)CC1. The standard InChI is InChI=1S/C19H22N6/c1-23-10-12-25(13-11-23)19-7-6-17(21-22-19)15-4-3-5-16(14-15)18-8-9-20-24(18)2/h3-9,14H,10-13H2,1-2H3. The molecule has 0 aliphatic carbocycles. The van der Waals surface area contributed by atoms with Crippen LogP contribution in [0.4, 0.5) is 5.82 Å². The van der Waals surface area contributed by atoms with Crippen LogP contribution in [0.2, 0.25) is 0 Å². The normalized spacial score (nSPS) is 15.5. The first-order chi connectivity index (χ1) is 12.2. The number of aryl methyl sites for hydroxylation is 1. The van der Waals surface area contributed by atoms with Gasteiger partial charge in [0, 0.05) is 50.6 Å². The van der Waals surface area contributed by atoms with Crippen LogP contribution in [0.1, 0.15) is 0 Å². The summed E-state index contributed by atoms with van der Waals surface area (Å²) in [6, 6.07) is 14.5. The van der Waals surface area contributed by atoms with Gasteiger partial charge < -0.3 is 9.80 Å². The van der Waals surface area contributed by atoms with Crippen LogP contribution in [0.25, 0.3) is 22.5 Å². The monoisotopic (exact) mass is 334 g/mol. The topological polar surface area (TPSA) is 50.1 Å². The van der Waals surface area contributed by atoms with E-state index in [1.54, 1.807) is 0 Å². The van der Waals surface area contributed by atoms with Crippen LogP contribution in [0.5, 0.6) is 0 Å². The van der Waals surface area contributed by atoms with E-state index >= 15 is 0 Å². The van der Waals surface area contributed by atoms with Crippen LogP contribution in [-0.4, -0.2) is 58.1 Å². The van der Waals surface area contributed by atoms with Gasteiger partial charge in [-0.25, -0.2) is 0 Å². The lowest BCUT2D eigenvalue weighted by atomic mass is 10.1. The molecule has 0 atom stereocenters. The van der Waals surface area contributed by atoms with E-state index in [1.165, 1.54) is 0 Å². The van der Waals surface area contributed by atoms with Crippen molar-refractivity contribution in [1.82, 2.24) is 24.9 Å². The maximum atomic E-state index is 4.46. The van der Waals surface area contributed by atoms with E-state index in [2.05, 4.69) is 62.5 Å². The van der Waals surface area contributed by atoms with E-state index in [-0.39, 0.29) is 0 Å². The molecule has 1 fully saturated rings. The Bertz CT molecular complexity index is 846. The summed E-state index contributed by atoms with van der Waals surface area (Å²) in [5, 5.41) is 13.2. The molecule has 1 aliphatic rings. The molecule has 6 heteroatoms. The molecule has 3 heterocycles. The zero-order valence-electron chi connectivity index (χ0n) is 14.6. The molecule has 0 amide bonds. The van der Waals surface area contributed by atoms with Crippen molar-refractivity contribution in [2.24, 2.45) is 7.05 Å². The Balaban J connectivity index is 1.57. The maximum absolute atomic E-state index is 4.46. The summed E-state index contributed by atoms with van der Waals surface area (Å²) in [5.41, 5.74) is 4.17. The summed E-state index contributed by atoms with van der Waals surface area (Å²) in [6.07, 6.45) is 1.81. The lowest BCUT2D eigenvalue weighted by Crippen LogP contribution is -2.44. The molecule has 128 valence electrons. The number of benzene rings is 1. The molecule has 0 saturated carbocycles. The molecule has 4 rings (SSSR count). The molecule has 3 aromatic rings. The van der Waals surface area contributed by atoms with Gasteiger partial charge in [-0.05, 0) is 31.3 Å². The van der Waals surface area contributed by atoms with Gasteiger partial charge in [0.05, 0.1) is 11.4 Å². The van der Waals surface area contributed by atoms with Crippen molar-refractivity contribution in [2.45, 2.75) is 0 Å². The lowest BCUT2D eigenvalue weighted by molar-refractivity contribution is 0.312. The Labute approximate surface area is 147 Å². The van der Waals surface area contributed by atoms with Gasteiger partial charge in [0.15, 0.2) is 5.82 Å². The van der Waals surface area contributed by atoms with Crippen LogP contribution in [-0.2, 0) is 7.05 Å². The molecule has 0 bridgehead atoms. The molecule has 0 radical (unpaired) electrons. The first-order valence-corrected chi connectivity index (χ1v) is 8.57. The third-order valence-corrected chi connectivity index (χ3v) is 4.75. The van der Waals surface area contributed by atoms with Crippen molar-refractivity contribution in [3.63, 3.8) is 0 Å². The third kappa shape index (κ3) is 3.25. The Kier molecular flexibility index (Phi) is 4.19. The maximum Gasteiger partial charge on any atom is 0.151 e. The lowest BCUT2D eigenvalue weighted by Gasteiger charge is -2.32. The number of anilines is 1. The minimum atomic E-state index is 0.891. The summed E-state index contributed by atoms with van der Waals surface area (Å²) in [5.74, 6) is 0.958. The Morgan fingerprint density at radius 2 is 1.64 bits per heavy atom. The minimum Gasteiger partial charge on any atom is -0.353 e. The summed E-state index contributed by atoms with van der Waals surface area (Å²) < 4.78 is 1.88. The van der Waals surface area contributed by atoms with E-state index in [1.807, 2.05) is 30.1 Å². The summed E-state index contributed by atoms with van der Waals surface area (Å²) in [6.45, 7) is 4.13. The molecule has 1 aromatic carbocycles. The summed E-state index contributed by atoms with van der Waals surface area (Å²) >= 11 is 0. The number of hydrogen-bond donors (Lipinski definition) is 0. The molecule has 0 spiro atoms. The van der Waals surface area contributed by atoms with Crippen molar-refractivity contribution >= 4 is 5.82 Å². The predicted octanol–water partition coefficient (Wildman–Crippen LogP) is 2.30. The molecule has 25 heavy (non-hydrogen) atoms. The molecule has 6 nitrogen and oxygen atoms in total. The van der Waals surface area contributed by atoms with Crippen LogP contribution < -0.4 is 4.90 Å². The third-order valence-electron chi connectivity index (χ3n) is 4.75. The first kappa shape index (κ1) is 15.8. The first-order valence-electron chi connectivity index (χ1n) is 8.57. The van der Waals surface area contributed by atoms with Crippen LogP contribution >= 0.6 is 0 Å². The van der Waals surface area contributed by atoms with Crippen LogP contribution in [0.15, 0.2) is 48.7 Å². The molecular weight excluding hydrogens is 312 g/mol. The number of hydrogen-bond acceptors (Lipinski definition) is 5. The fraction of sp³-hybridized carbons (Fsp3) is 0.316. The van der Waals surface area contributed by atoms with Gasteiger partial charge in [-0.3, -0.25) is 4.68 Å². The van der Waals surface area contributed by atoms with Crippen molar-refractivity contribution in [3.8, 4) is 22.5 Å². The highest BCUT2D eigenvalue weighted by atomic mass is 15.3. The zero-order chi connectivity index (χ0) is 17.2. The van der Waals surface area contributed by atoms with Crippen molar-refractivity contribution < 1.29 is 0 Å². The van der Waals surface area contributed by atoms with Gasteiger partial charge in [0.2, 0.25) is 0 Å². The summed E-state index contributed by atoms with van der Waals surface area (Å²) in [7, 11) is 4.11.